The van der Waals surface area contributed by atoms with Gasteiger partial charge in [-0.2, -0.15) is 12.6 Å². The largest absolute Gasteiger partial charge is 0.396 e. The predicted molar refractivity (Wildman–Crippen MR) is 557 cm³/mol. The first-order valence-corrected chi connectivity index (χ1v) is 52.7. The van der Waals surface area contributed by atoms with Crippen LogP contribution in [0.3, 0.4) is 0 Å². The zero-order valence-corrected chi connectivity index (χ0v) is 85.6. The Morgan fingerprint density at radius 1 is 0.207 bits per heavy atom. The number of nitrogens with one attached hydrogen (secondary N) is 23. The predicted octanol–water partition coefficient (Wildman–Crippen LogP) is 2.90. The van der Waals surface area contributed by atoms with Gasteiger partial charge in [0.05, 0.1) is 0 Å². The molecule has 2 atom stereocenters. The Bertz CT molecular complexity index is 3380. The standard InChI is InChI=1S/C95H189N31O13S/c96-57-17-1-3-19-59-109-75(128)33-45-92(46-34-76(129)111-61-21-5-10-27-67-117-87(98)99,47-35-77(130)112-62-22-6-11-28-68-118-88(100)101)123-83(136)41-53-94(126-86(139)44-74-140,55-43-85(138)125-95(56-73-127,51-39-81(134)110-60-20-4-2-18-58-97)52-40-82(135)116-65-25-9-14-31-71-121-91(106)107)54-42-84(137)124-93(50-38-80(133)115-66-26-15-16-32-72-122-108,48-36-78(131)113-63-23-7-12-29-69-119-89(102)103)49-37-79(132)114-64-24-8-13-30-70-120-90(104)105/h122,127,140H,1-74,96-97,108H2,(H,109,128)(H,110,134)(H,111,129)(H,112,130)(H,113,131)(H,114,132)(H,115,133)(H,116,135)(H,123,136)(H,124,137)(H,125,138)(H,126,139)(H4,98,99,117)(H4,100,101,118)(H4,102,103,119)(H4,104,105,120)(H4,106,107,121). The van der Waals surface area contributed by atoms with Crippen molar-refractivity contribution >= 4 is 113 Å². The number of thiol groups is 1. The molecule has 0 aromatic rings. The van der Waals surface area contributed by atoms with Crippen LogP contribution in [-0.4, -0.2) is 245 Å². The summed E-state index contributed by atoms with van der Waals surface area (Å²) in [6.45, 7) is 6.43. The van der Waals surface area contributed by atoms with Crippen molar-refractivity contribution in [2.45, 2.75) is 382 Å². The fourth-order valence-corrected chi connectivity index (χ4v) is 16.7. The van der Waals surface area contributed by atoms with E-state index in [0.717, 1.165) is 154 Å². The summed E-state index contributed by atoms with van der Waals surface area (Å²) in [5, 5.41) is 99.1. The van der Waals surface area contributed by atoms with E-state index in [1.807, 2.05) is 0 Å². The summed E-state index contributed by atoms with van der Waals surface area (Å²) >= 11 is 4.46. The second kappa shape index (κ2) is 85.9. The van der Waals surface area contributed by atoms with Gasteiger partial charge in [0, 0.05) is 197 Å². The van der Waals surface area contributed by atoms with Gasteiger partial charge in [-0.1, -0.05) is 103 Å². The zero-order valence-electron chi connectivity index (χ0n) is 84.7. The Morgan fingerprint density at radius 2 is 0.350 bits per heavy atom. The van der Waals surface area contributed by atoms with E-state index >= 15 is 14.4 Å². The fourth-order valence-electron chi connectivity index (χ4n) is 16.5. The number of hydrogen-bond donors (Lipinski definition) is 33. The Kier molecular flexibility index (Phi) is 79.8. The Morgan fingerprint density at radius 3 is 0.500 bits per heavy atom. The topological polar surface area (TPSA) is 769 Å². The van der Waals surface area contributed by atoms with Crippen LogP contribution in [0.4, 0.5) is 0 Å². The molecule has 2 unspecified atom stereocenters. The van der Waals surface area contributed by atoms with E-state index < -0.39 is 71.7 Å². The second-order valence-corrected chi connectivity index (χ2v) is 37.6. The number of hydrazine groups is 1. The average molecular weight is 2010 g/mol. The molecule has 0 heterocycles. The number of amides is 12. The van der Waals surface area contributed by atoms with Gasteiger partial charge < -0.3 is 136 Å². The highest BCUT2D eigenvalue weighted by Gasteiger charge is 2.41. The molecule has 0 rings (SSSR count). The first kappa shape index (κ1) is 130. The van der Waals surface area contributed by atoms with Gasteiger partial charge in [0.1, 0.15) is 0 Å². The monoisotopic (exact) mass is 2000 g/mol. The number of unbranched alkanes of at least 4 members (excludes halogenated alkanes) is 24. The van der Waals surface area contributed by atoms with Crippen molar-refractivity contribution in [3.8, 4) is 0 Å². The molecule has 0 saturated carbocycles. The van der Waals surface area contributed by atoms with Gasteiger partial charge in [-0.05, 0) is 199 Å². The lowest BCUT2D eigenvalue weighted by molar-refractivity contribution is -0.129. The molecule has 0 aliphatic carbocycles. The molecule has 44 nitrogen and oxygen atoms in total. The van der Waals surface area contributed by atoms with Gasteiger partial charge in [-0.25, -0.2) is 0 Å². The molecule has 0 aromatic carbocycles. The van der Waals surface area contributed by atoms with E-state index in [9.17, 15) is 48.3 Å². The smallest absolute Gasteiger partial charge is 0.221 e. The number of carbonyl (C=O) groups is 12. The van der Waals surface area contributed by atoms with Crippen LogP contribution < -0.4 is 142 Å². The SMILES string of the molecule is N=C(N)NCCCCCCNC(=O)CCC(CCO)(CCC(=O)NCCCCCCN)NC(=O)CCC(CCC(=O)NC(CCC(=O)NCCCCCCN)(CCC(=O)NCCCCCCNC(=N)N)CCC(=O)NCCCCCCNC(=N)N)(CCC(=O)NC(CCC(=O)NCCCCCCNN)(CCC(=O)NCCCCCCNC(=N)N)CCC(=O)NCCCCCCNC(=N)N)NC(=O)CCS. The van der Waals surface area contributed by atoms with Gasteiger partial charge in [-0.15, -0.1) is 0 Å². The quantitative estimate of drug-likeness (QED) is 0.0104. The van der Waals surface area contributed by atoms with Gasteiger partial charge in [0.2, 0.25) is 70.9 Å². The molecule has 0 fully saturated rings. The van der Waals surface area contributed by atoms with Gasteiger partial charge in [-0.3, -0.25) is 95.8 Å². The molecule has 12 amide bonds. The number of aliphatic hydroxyl groups is 1. The molecule has 0 bridgehead atoms. The highest BCUT2D eigenvalue weighted by atomic mass is 32.1. The lowest BCUT2D eigenvalue weighted by atomic mass is 9.80. The first-order chi connectivity index (χ1) is 67.2. The van der Waals surface area contributed by atoms with Gasteiger partial charge in [0.15, 0.2) is 29.8 Å². The van der Waals surface area contributed by atoms with Crippen LogP contribution in [0.25, 0.3) is 0 Å². The molecular weight excluding hydrogens is 1820 g/mol. The third kappa shape index (κ3) is 77.8. The summed E-state index contributed by atoms with van der Waals surface area (Å²) < 4.78 is 0. The molecule has 0 saturated heterocycles. The Hall–Kier alpha value is -9.86. The van der Waals surface area contributed by atoms with E-state index in [4.69, 9.17) is 73.0 Å². The molecule has 40 N–H and O–H groups in total. The highest BCUT2D eigenvalue weighted by molar-refractivity contribution is 7.80. The number of rotatable bonds is 95. The van der Waals surface area contributed by atoms with E-state index in [0.29, 0.717) is 156 Å². The van der Waals surface area contributed by atoms with Crippen molar-refractivity contribution in [3.63, 3.8) is 0 Å². The van der Waals surface area contributed by atoms with E-state index in [2.05, 4.69) is 108 Å². The number of nitrogens with two attached hydrogens (primary N) is 8. The Balaban J connectivity index is 8.95. The number of hydrogen-bond acceptors (Lipinski definition) is 23. The number of aliphatic hydroxyl groups excluding tert-OH is 1. The summed E-state index contributed by atoms with van der Waals surface area (Å²) in [6.07, 6.45) is 20.0. The first-order valence-electron chi connectivity index (χ1n) is 52.1. The van der Waals surface area contributed by atoms with E-state index in [1.165, 1.54) is 0 Å². The molecule has 45 heteroatoms. The molecule has 0 aliphatic heterocycles. The Labute approximate surface area is 839 Å². The zero-order chi connectivity index (χ0) is 104. The molecule has 0 aromatic heterocycles. The van der Waals surface area contributed by atoms with Crippen LogP contribution in [0.15, 0.2) is 0 Å². The van der Waals surface area contributed by atoms with Crippen LogP contribution in [0, 0.1) is 27.0 Å². The van der Waals surface area contributed by atoms with Gasteiger partial charge >= 0.3 is 0 Å². The summed E-state index contributed by atoms with van der Waals surface area (Å²) in [7, 11) is 0. The number of carbonyl (C=O) groups excluding carboxylic acids is 12. The van der Waals surface area contributed by atoms with Crippen LogP contribution in [-0.2, 0) is 57.5 Å². The van der Waals surface area contributed by atoms with Crippen LogP contribution in [0.1, 0.15) is 360 Å². The summed E-state index contributed by atoms with van der Waals surface area (Å²) in [5.41, 5.74) is 35.6. The minimum Gasteiger partial charge on any atom is -0.396 e. The fraction of sp³-hybridized carbons (Fsp3) is 0.821. The van der Waals surface area contributed by atoms with E-state index in [1.54, 1.807) is 0 Å². The third-order valence-electron chi connectivity index (χ3n) is 24.9. The summed E-state index contributed by atoms with van der Waals surface area (Å²) in [5.74, 6) is -0.443. The lowest BCUT2D eigenvalue weighted by Gasteiger charge is -2.39. The lowest BCUT2D eigenvalue weighted by Crippen LogP contribution is -2.54. The van der Waals surface area contributed by atoms with Crippen LogP contribution >= 0.6 is 12.6 Å². The molecular formula is C95H189N31O13S. The molecule has 0 spiro atoms. The van der Waals surface area contributed by atoms with Crippen molar-refractivity contribution in [3.05, 3.63) is 0 Å². The molecule has 0 radical (unpaired) electrons. The molecule has 808 valence electrons. The van der Waals surface area contributed by atoms with Crippen molar-refractivity contribution in [1.82, 2.24) is 95.8 Å². The minimum absolute atomic E-state index is 0.0253. The maximum Gasteiger partial charge on any atom is 0.221 e. The molecule has 0 aliphatic rings. The average Bonchev–Trinajstić information content (AvgIpc) is 0.816. The summed E-state index contributed by atoms with van der Waals surface area (Å²) in [4.78, 5) is 174. The highest BCUT2D eigenvalue weighted by Crippen LogP contribution is 2.33. The van der Waals surface area contributed by atoms with Gasteiger partial charge in [0.25, 0.3) is 0 Å². The van der Waals surface area contributed by atoms with Crippen molar-refractivity contribution in [2.24, 2.45) is 46.0 Å². The second-order valence-electron chi connectivity index (χ2n) is 37.1. The maximum absolute atomic E-state index is 15.8. The van der Waals surface area contributed by atoms with Crippen molar-refractivity contribution in [1.29, 1.82) is 27.0 Å². The molecule has 140 heavy (non-hydrogen) atoms. The van der Waals surface area contributed by atoms with Crippen LogP contribution in [0.5, 0.6) is 0 Å². The number of guanidine groups is 5. The van der Waals surface area contributed by atoms with E-state index in [-0.39, 0.29) is 218 Å². The minimum atomic E-state index is -1.70. The maximum atomic E-state index is 15.8. The normalized spacial score (nSPS) is 12.8. The summed E-state index contributed by atoms with van der Waals surface area (Å²) in [6, 6.07) is 0. The van der Waals surface area contributed by atoms with Crippen molar-refractivity contribution < 1.29 is 62.6 Å². The van der Waals surface area contributed by atoms with Crippen molar-refractivity contribution in [2.75, 3.05) is 117 Å². The van der Waals surface area contributed by atoms with Crippen LogP contribution in [0.2, 0.25) is 0 Å². The third-order valence-corrected chi connectivity index (χ3v) is 25.1.